The van der Waals surface area contributed by atoms with Crippen molar-refractivity contribution in [3.63, 3.8) is 0 Å². The van der Waals surface area contributed by atoms with E-state index < -0.39 is 0 Å². The third kappa shape index (κ3) is 0.411. The Morgan fingerprint density at radius 2 is 1.62 bits per heavy atom. The van der Waals surface area contributed by atoms with Crippen molar-refractivity contribution in [2.75, 3.05) is 0 Å². The fraction of sp³-hybridized carbons (Fsp3) is 0.143. The number of rotatable bonds is 0. The zero-order chi connectivity index (χ0) is 5.56. The highest BCUT2D eigenvalue weighted by Crippen LogP contribution is 2.45. The number of alkyl halides is 1. The van der Waals surface area contributed by atoms with Gasteiger partial charge in [0, 0.05) is 0 Å². The zero-order valence-electron chi connectivity index (χ0n) is 4.26. The van der Waals surface area contributed by atoms with E-state index in [1.807, 2.05) is 12.1 Å². The summed E-state index contributed by atoms with van der Waals surface area (Å²) in [6, 6.07) is 8.16. The Morgan fingerprint density at radius 1 is 1.12 bits per heavy atom. The highest BCUT2D eigenvalue weighted by molar-refractivity contribution is 6.26. The van der Waals surface area contributed by atoms with E-state index >= 15 is 0 Å². The van der Waals surface area contributed by atoms with Crippen LogP contribution in [0.25, 0.3) is 0 Å². The number of fused-ring (bicyclic) bond motifs is 1. The first-order valence-electron chi connectivity index (χ1n) is 2.62. The van der Waals surface area contributed by atoms with Crippen molar-refractivity contribution in [1.29, 1.82) is 0 Å². The van der Waals surface area contributed by atoms with Gasteiger partial charge in [-0.3, -0.25) is 0 Å². The van der Waals surface area contributed by atoms with Crippen molar-refractivity contribution in [3.8, 4) is 0 Å². The van der Waals surface area contributed by atoms with Crippen molar-refractivity contribution < 1.29 is 0 Å². The van der Waals surface area contributed by atoms with Crippen molar-refractivity contribution in [2.24, 2.45) is 0 Å². The van der Waals surface area contributed by atoms with Crippen LogP contribution in [-0.2, 0) is 0 Å². The molecule has 2 rings (SSSR count). The van der Waals surface area contributed by atoms with E-state index in [1.54, 1.807) is 0 Å². The summed E-state index contributed by atoms with van der Waals surface area (Å²) < 4.78 is 0. The maximum atomic E-state index is 5.78. The van der Waals surface area contributed by atoms with Gasteiger partial charge in [0.2, 0.25) is 0 Å². The van der Waals surface area contributed by atoms with Gasteiger partial charge in [-0.15, -0.1) is 11.6 Å². The first kappa shape index (κ1) is 4.39. The summed E-state index contributed by atoms with van der Waals surface area (Å²) in [5.74, 6) is 0. The molecule has 0 atom stereocenters. The lowest BCUT2D eigenvalue weighted by Gasteiger charge is -1.68. The van der Waals surface area contributed by atoms with Crippen LogP contribution in [0, 0.1) is 0 Å². The molecule has 40 valence electrons. The molecule has 0 fully saturated rings. The Kier molecular flexibility index (Phi) is 0.694. The van der Waals surface area contributed by atoms with E-state index in [2.05, 4.69) is 12.1 Å². The maximum Gasteiger partial charge on any atom is 0.0842 e. The van der Waals surface area contributed by atoms with Gasteiger partial charge in [-0.2, -0.15) is 0 Å². The minimum Gasteiger partial charge on any atom is -0.113 e. The van der Waals surface area contributed by atoms with Crippen molar-refractivity contribution in [3.05, 3.63) is 35.4 Å². The van der Waals surface area contributed by atoms with E-state index in [0.717, 1.165) is 0 Å². The molecule has 1 aliphatic carbocycles. The highest BCUT2D eigenvalue weighted by Gasteiger charge is 2.28. The molecular formula is C7H5Cl. The van der Waals surface area contributed by atoms with Crippen LogP contribution in [0.15, 0.2) is 24.3 Å². The first-order chi connectivity index (χ1) is 3.89. The molecule has 0 unspecified atom stereocenters. The molecule has 0 N–H and O–H groups in total. The molecule has 0 saturated heterocycles. The van der Waals surface area contributed by atoms with Gasteiger partial charge in [0.05, 0.1) is 5.38 Å². The fourth-order valence-electron chi connectivity index (χ4n) is 0.906. The summed E-state index contributed by atoms with van der Waals surface area (Å²) in [6.07, 6.45) is 0. The van der Waals surface area contributed by atoms with Gasteiger partial charge in [-0.05, 0) is 11.1 Å². The average Bonchev–Trinajstić information content (AvgIpc) is 2.46. The third-order valence-electron chi connectivity index (χ3n) is 1.46. The van der Waals surface area contributed by atoms with Crippen molar-refractivity contribution in [1.82, 2.24) is 0 Å². The predicted molar refractivity (Wildman–Crippen MR) is 34.1 cm³/mol. The molecule has 1 heteroatoms. The monoisotopic (exact) mass is 124 g/mol. The van der Waals surface area contributed by atoms with Gasteiger partial charge in [-0.25, -0.2) is 0 Å². The van der Waals surface area contributed by atoms with Gasteiger partial charge in [0.25, 0.3) is 0 Å². The molecular weight excluding hydrogens is 120 g/mol. The quantitative estimate of drug-likeness (QED) is 0.466. The highest BCUT2D eigenvalue weighted by atomic mass is 35.5. The van der Waals surface area contributed by atoms with Crippen LogP contribution in [0.4, 0.5) is 0 Å². The topological polar surface area (TPSA) is 0 Å². The zero-order valence-corrected chi connectivity index (χ0v) is 5.02. The SMILES string of the molecule is ClC1c2ccccc21. The average molecular weight is 125 g/mol. The number of hydrogen-bond acceptors (Lipinski definition) is 0. The smallest absolute Gasteiger partial charge is 0.0842 e. The van der Waals surface area contributed by atoms with Crippen LogP contribution < -0.4 is 0 Å². The molecule has 0 spiro atoms. The second-order valence-corrected chi connectivity index (χ2v) is 2.43. The molecule has 0 saturated carbocycles. The van der Waals surface area contributed by atoms with Crippen LogP contribution in [0.1, 0.15) is 16.5 Å². The molecule has 0 nitrogen and oxygen atoms in total. The first-order valence-corrected chi connectivity index (χ1v) is 3.06. The molecule has 1 aliphatic rings. The predicted octanol–water partition coefficient (Wildman–Crippen LogP) is 2.33. The molecule has 8 heavy (non-hydrogen) atoms. The van der Waals surface area contributed by atoms with Crippen LogP contribution in [0.2, 0.25) is 0 Å². The number of hydrogen-bond donors (Lipinski definition) is 0. The summed E-state index contributed by atoms with van der Waals surface area (Å²) in [6.45, 7) is 0. The largest absolute Gasteiger partial charge is 0.113 e. The summed E-state index contributed by atoms with van der Waals surface area (Å²) >= 11 is 5.78. The molecule has 0 heterocycles. The lowest BCUT2D eigenvalue weighted by atomic mass is 10.4. The molecule has 0 aromatic heterocycles. The minimum absolute atomic E-state index is 0.241. The van der Waals surface area contributed by atoms with E-state index in [1.165, 1.54) is 11.1 Å². The molecule has 0 bridgehead atoms. The fourth-order valence-corrected chi connectivity index (χ4v) is 1.24. The van der Waals surface area contributed by atoms with Gasteiger partial charge >= 0.3 is 0 Å². The minimum atomic E-state index is 0.241. The Morgan fingerprint density at radius 3 is 2.00 bits per heavy atom. The normalized spacial score (nSPS) is 15.6. The van der Waals surface area contributed by atoms with Crippen molar-refractivity contribution in [2.45, 2.75) is 5.38 Å². The molecule has 1 aromatic carbocycles. The van der Waals surface area contributed by atoms with Crippen LogP contribution in [0.5, 0.6) is 0 Å². The van der Waals surface area contributed by atoms with Gasteiger partial charge in [-0.1, -0.05) is 24.3 Å². The third-order valence-corrected chi connectivity index (χ3v) is 1.93. The van der Waals surface area contributed by atoms with E-state index in [0.29, 0.717) is 0 Å². The van der Waals surface area contributed by atoms with E-state index in [9.17, 15) is 0 Å². The lowest BCUT2D eigenvalue weighted by Crippen LogP contribution is -1.48. The molecule has 1 aromatic rings. The van der Waals surface area contributed by atoms with Crippen molar-refractivity contribution >= 4 is 11.6 Å². The van der Waals surface area contributed by atoms with Gasteiger partial charge in [0.15, 0.2) is 0 Å². The Labute approximate surface area is 53.1 Å². The lowest BCUT2D eigenvalue weighted by molar-refractivity contribution is 1.52. The van der Waals surface area contributed by atoms with Crippen LogP contribution >= 0.6 is 11.6 Å². The molecule has 0 radical (unpaired) electrons. The number of halogens is 1. The Balaban J connectivity index is 2.58. The van der Waals surface area contributed by atoms with Gasteiger partial charge in [0.1, 0.15) is 0 Å². The van der Waals surface area contributed by atoms with E-state index in [-0.39, 0.29) is 5.38 Å². The maximum absolute atomic E-state index is 5.78. The second kappa shape index (κ2) is 1.26. The summed E-state index contributed by atoms with van der Waals surface area (Å²) in [4.78, 5) is 0. The Hall–Kier alpha value is -0.490. The van der Waals surface area contributed by atoms with E-state index in [4.69, 9.17) is 11.6 Å². The molecule has 0 aliphatic heterocycles. The Bertz CT molecular complexity index is 194. The summed E-state index contributed by atoms with van der Waals surface area (Å²) in [7, 11) is 0. The molecule has 0 amide bonds. The number of benzene rings is 1. The second-order valence-electron chi connectivity index (χ2n) is 1.99. The van der Waals surface area contributed by atoms with Gasteiger partial charge < -0.3 is 0 Å². The van der Waals surface area contributed by atoms with Crippen LogP contribution in [0.3, 0.4) is 0 Å². The summed E-state index contributed by atoms with van der Waals surface area (Å²) in [5, 5.41) is 0.241. The van der Waals surface area contributed by atoms with Crippen LogP contribution in [-0.4, -0.2) is 0 Å². The summed E-state index contributed by atoms with van der Waals surface area (Å²) in [5.41, 5.74) is 2.60. The standard InChI is InChI=1S/C7H5Cl/c8-7-5-3-1-2-4-6(5)7/h1-4,7H.